The van der Waals surface area contributed by atoms with Gasteiger partial charge in [-0.15, -0.1) is 0 Å². The molecule has 5 rings (SSSR count). The quantitative estimate of drug-likeness (QED) is 0.437. The molecule has 26 heavy (non-hydrogen) atoms. The summed E-state index contributed by atoms with van der Waals surface area (Å²) in [5, 5.41) is 7.10. The topological polar surface area (TPSA) is 42.2 Å². The van der Waals surface area contributed by atoms with Gasteiger partial charge >= 0.3 is 0 Å². The summed E-state index contributed by atoms with van der Waals surface area (Å²) in [6, 6.07) is 19.1. The lowest BCUT2D eigenvalue weighted by Crippen LogP contribution is -1.94. The van der Waals surface area contributed by atoms with Crippen molar-refractivity contribution in [3.8, 4) is 5.69 Å². The van der Waals surface area contributed by atoms with Gasteiger partial charge in [0.15, 0.2) is 0 Å². The SMILES string of the molecule is C(=N\Nc1ccc2c3c(cccc13)CC2)/c1ccc(-n2ccnc2)cc1. The minimum absolute atomic E-state index is 1.05. The average Bonchev–Trinajstić information content (AvgIpc) is 3.36. The van der Waals surface area contributed by atoms with Crippen LogP contribution in [0.5, 0.6) is 0 Å². The lowest BCUT2D eigenvalue weighted by molar-refractivity contribution is 1.02. The Bertz CT molecular complexity index is 1080. The summed E-state index contributed by atoms with van der Waals surface area (Å²) >= 11 is 0. The number of nitrogens with one attached hydrogen (secondary N) is 1. The van der Waals surface area contributed by atoms with E-state index in [1.165, 1.54) is 21.9 Å². The van der Waals surface area contributed by atoms with E-state index in [9.17, 15) is 0 Å². The maximum atomic E-state index is 4.44. The van der Waals surface area contributed by atoms with Crippen molar-refractivity contribution in [3.63, 3.8) is 0 Å². The summed E-state index contributed by atoms with van der Waals surface area (Å²) in [6.07, 6.45) is 9.63. The molecule has 0 saturated carbocycles. The minimum atomic E-state index is 1.05. The van der Waals surface area contributed by atoms with Gasteiger partial charge in [0.25, 0.3) is 0 Å². The number of hydrazone groups is 1. The number of hydrogen-bond acceptors (Lipinski definition) is 3. The molecule has 0 aliphatic heterocycles. The van der Waals surface area contributed by atoms with Crippen molar-refractivity contribution in [2.75, 3.05) is 5.43 Å². The van der Waals surface area contributed by atoms with E-state index in [0.29, 0.717) is 0 Å². The van der Waals surface area contributed by atoms with Crippen LogP contribution in [-0.4, -0.2) is 15.8 Å². The fraction of sp³-hybridized carbons (Fsp3) is 0.0909. The van der Waals surface area contributed by atoms with Gasteiger partial charge in [0.05, 0.1) is 18.2 Å². The van der Waals surface area contributed by atoms with Crippen LogP contribution in [0.2, 0.25) is 0 Å². The molecule has 0 radical (unpaired) electrons. The lowest BCUT2D eigenvalue weighted by Gasteiger charge is -2.08. The van der Waals surface area contributed by atoms with Crippen LogP contribution in [0.1, 0.15) is 16.7 Å². The molecule has 0 atom stereocenters. The van der Waals surface area contributed by atoms with Crippen molar-refractivity contribution in [1.82, 2.24) is 9.55 Å². The summed E-state index contributed by atoms with van der Waals surface area (Å²) in [7, 11) is 0. The van der Waals surface area contributed by atoms with Crippen molar-refractivity contribution in [3.05, 3.63) is 90.0 Å². The second-order valence-electron chi connectivity index (χ2n) is 6.54. The van der Waals surface area contributed by atoms with Gasteiger partial charge < -0.3 is 4.57 Å². The fourth-order valence-electron chi connectivity index (χ4n) is 3.67. The maximum Gasteiger partial charge on any atom is 0.0991 e. The van der Waals surface area contributed by atoms with Gasteiger partial charge in [-0.05, 0) is 53.1 Å². The predicted molar refractivity (Wildman–Crippen MR) is 106 cm³/mol. The number of rotatable bonds is 4. The molecule has 0 unspecified atom stereocenters. The second-order valence-corrected chi connectivity index (χ2v) is 6.54. The number of aromatic nitrogens is 2. The van der Waals surface area contributed by atoms with Crippen molar-refractivity contribution < 1.29 is 0 Å². The molecule has 4 nitrogen and oxygen atoms in total. The van der Waals surface area contributed by atoms with Gasteiger partial charge in [0.1, 0.15) is 0 Å². The Kier molecular flexibility index (Phi) is 3.53. The molecule has 0 fully saturated rings. The van der Waals surface area contributed by atoms with E-state index in [0.717, 1.165) is 29.8 Å². The normalized spacial score (nSPS) is 12.9. The van der Waals surface area contributed by atoms with Crippen LogP contribution in [0.3, 0.4) is 0 Å². The van der Waals surface area contributed by atoms with E-state index in [4.69, 9.17) is 0 Å². The highest BCUT2D eigenvalue weighted by Gasteiger charge is 2.15. The van der Waals surface area contributed by atoms with Crippen LogP contribution >= 0.6 is 0 Å². The number of benzene rings is 3. The Morgan fingerprint density at radius 3 is 2.62 bits per heavy atom. The minimum Gasteiger partial charge on any atom is -0.306 e. The highest BCUT2D eigenvalue weighted by molar-refractivity contribution is 5.99. The van der Waals surface area contributed by atoms with Crippen molar-refractivity contribution >= 4 is 22.7 Å². The molecule has 0 amide bonds. The van der Waals surface area contributed by atoms with Gasteiger partial charge in [-0.25, -0.2) is 4.98 Å². The van der Waals surface area contributed by atoms with Crippen molar-refractivity contribution in [2.45, 2.75) is 12.8 Å². The van der Waals surface area contributed by atoms with Crippen LogP contribution in [0.25, 0.3) is 16.5 Å². The van der Waals surface area contributed by atoms with Gasteiger partial charge in [-0.2, -0.15) is 5.10 Å². The largest absolute Gasteiger partial charge is 0.306 e. The Morgan fingerprint density at radius 2 is 1.81 bits per heavy atom. The van der Waals surface area contributed by atoms with Crippen LogP contribution in [0.4, 0.5) is 5.69 Å². The third-order valence-corrected chi connectivity index (χ3v) is 4.97. The first-order valence-corrected chi connectivity index (χ1v) is 8.79. The van der Waals surface area contributed by atoms with E-state index < -0.39 is 0 Å². The fourth-order valence-corrected chi connectivity index (χ4v) is 3.67. The molecule has 1 aromatic heterocycles. The van der Waals surface area contributed by atoms with Crippen molar-refractivity contribution in [1.29, 1.82) is 0 Å². The van der Waals surface area contributed by atoms with E-state index in [1.807, 2.05) is 29.1 Å². The Morgan fingerprint density at radius 1 is 0.962 bits per heavy atom. The highest BCUT2D eigenvalue weighted by Crippen LogP contribution is 2.34. The Labute approximate surface area is 151 Å². The smallest absolute Gasteiger partial charge is 0.0991 e. The zero-order valence-electron chi connectivity index (χ0n) is 14.3. The molecule has 4 aromatic rings. The molecule has 1 aliphatic carbocycles. The van der Waals surface area contributed by atoms with Gasteiger partial charge in [-0.3, -0.25) is 5.43 Å². The number of imidazole rings is 1. The predicted octanol–water partition coefficient (Wildman–Crippen LogP) is 4.57. The van der Waals surface area contributed by atoms with E-state index in [1.54, 1.807) is 12.5 Å². The van der Waals surface area contributed by atoms with Crippen LogP contribution in [0.15, 0.2) is 78.4 Å². The molecule has 3 aromatic carbocycles. The molecule has 0 spiro atoms. The molecule has 0 saturated heterocycles. The van der Waals surface area contributed by atoms with Crippen LogP contribution in [-0.2, 0) is 12.8 Å². The maximum absolute atomic E-state index is 4.44. The molecule has 1 heterocycles. The number of hydrogen-bond donors (Lipinski definition) is 1. The zero-order chi connectivity index (χ0) is 17.3. The lowest BCUT2D eigenvalue weighted by atomic mass is 10.0. The standard InChI is InChI=1S/C22H18N4/c1-2-17-6-7-18-8-11-21(20(3-1)22(17)18)25-24-14-16-4-9-19(10-5-16)26-13-12-23-15-26/h1-5,8-15,25H,6-7H2/b24-14+. The van der Waals surface area contributed by atoms with Gasteiger partial charge in [0.2, 0.25) is 0 Å². The molecule has 1 N–H and O–H groups in total. The number of anilines is 1. The second kappa shape index (κ2) is 6.15. The number of aryl methyl sites for hydroxylation is 2. The molecular weight excluding hydrogens is 320 g/mol. The molecular formula is C22H18N4. The first-order valence-electron chi connectivity index (χ1n) is 8.79. The average molecular weight is 338 g/mol. The third kappa shape index (κ3) is 2.56. The molecule has 4 heteroatoms. The van der Waals surface area contributed by atoms with Crippen LogP contribution < -0.4 is 5.43 Å². The first kappa shape index (κ1) is 14.9. The summed E-state index contributed by atoms with van der Waals surface area (Å²) in [4.78, 5) is 4.07. The third-order valence-electron chi connectivity index (χ3n) is 4.97. The summed E-state index contributed by atoms with van der Waals surface area (Å²) in [5.74, 6) is 0. The van der Waals surface area contributed by atoms with E-state index in [-0.39, 0.29) is 0 Å². The molecule has 1 aliphatic rings. The first-order chi connectivity index (χ1) is 12.9. The summed E-state index contributed by atoms with van der Waals surface area (Å²) in [6.45, 7) is 0. The number of nitrogens with zero attached hydrogens (tertiary/aromatic N) is 3. The molecule has 126 valence electrons. The van der Waals surface area contributed by atoms with Crippen molar-refractivity contribution in [2.24, 2.45) is 5.10 Å². The van der Waals surface area contributed by atoms with E-state index in [2.05, 4.69) is 58.0 Å². The van der Waals surface area contributed by atoms with Gasteiger partial charge in [-0.1, -0.05) is 36.4 Å². The van der Waals surface area contributed by atoms with E-state index >= 15 is 0 Å². The zero-order valence-corrected chi connectivity index (χ0v) is 14.3. The highest BCUT2D eigenvalue weighted by atomic mass is 15.3. The summed E-state index contributed by atoms with van der Waals surface area (Å²) < 4.78 is 1.98. The molecule has 0 bridgehead atoms. The van der Waals surface area contributed by atoms with Crippen LogP contribution in [0, 0.1) is 0 Å². The Balaban J connectivity index is 1.37. The Hall–Kier alpha value is -3.40. The van der Waals surface area contributed by atoms with Gasteiger partial charge in [0, 0.05) is 23.5 Å². The summed E-state index contributed by atoms with van der Waals surface area (Å²) in [5.41, 5.74) is 9.29. The monoisotopic (exact) mass is 338 g/mol.